The molecular formula is C19H31NO3. The summed E-state index contributed by atoms with van der Waals surface area (Å²) >= 11 is 0. The lowest BCUT2D eigenvalue weighted by molar-refractivity contribution is -0.134. The number of aromatic nitrogens is 1. The van der Waals surface area contributed by atoms with Gasteiger partial charge in [0.1, 0.15) is 0 Å². The third-order valence-electron chi connectivity index (χ3n) is 3.99. The number of pyridine rings is 1. The van der Waals surface area contributed by atoms with Gasteiger partial charge in [0.05, 0.1) is 0 Å². The zero-order chi connectivity index (χ0) is 16.8. The van der Waals surface area contributed by atoms with Crippen LogP contribution in [0.4, 0.5) is 0 Å². The van der Waals surface area contributed by atoms with E-state index >= 15 is 0 Å². The molecule has 23 heavy (non-hydrogen) atoms. The summed E-state index contributed by atoms with van der Waals surface area (Å²) in [5, 5.41) is 0. The van der Waals surface area contributed by atoms with Crippen LogP contribution in [0.3, 0.4) is 0 Å². The molecule has 0 amide bonds. The molecule has 1 aromatic rings. The van der Waals surface area contributed by atoms with Gasteiger partial charge in [0.25, 0.3) is 5.56 Å². The SMILES string of the molecule is CCCCCCCCCCCCCC(=O)Oc1ccc[nH]c1=O. The molecule has 0 fully saturated rings. The highest BCUT2D eigenvalue weighted by Gasteiger charge is 2.07. The molecule has 0 spiro atoms. The Morgan fingerprint density at radius 1 is 0.957 bits per heavy atom. The number of ether oxygens (including phenoxy) is 1. The number of aromatic amines is 1. The molecule has 0 unspecified atom stereocenters. The van der Waals surface area contributed by atoms with Gasteiger partial charge in [-0.2, -0.15) is 0 Å². The Balaban J connectivity index is 1.94. The molecule has 0 aliphatic heterocycles. The molecule has 1 heterocycles. The van der Waals surface area contributed by atoms with Crippen LogP contribution in [0.15, 0.2) is 23.1 Å². The number of carbonyl (C=O) groups excluding carboxylic acids is 1. The molecule has 1 rings (SSSR count). The zero-order valence-corrected chi connectivity index (χ0v) is 14.4. The van der Waals surface area contributed by atoms with Crippen molar-refractivity contribution in [1.29, 1.82) is 0 Å². The van der Waals surface area contributed by atoms with E-state index < -0.39 is 0 Å². The van der Waals surface area contributed by atoms with Crippen molar-refractivity contribution < 1.29 is 9.53 Å². The molecule has 4 heteroatoms. The van der Waals surface area contributed by atoms with Gasteiger partial charge in [-0.3, -0.25) is 9.59 Å². The number of hydrogen-bond donors (Lipinski definition) is 1. The summed E-state index contributed by atoms with van der Waals surface area (Å²) in [6.45, 7) is 2.24. The van der Waals surface area contributed by atoms with E-state index in [-0.39, 0.29) is 17.3 Å². The van der Waals surface area contributed by atoms with E-state index in [0.29, 0.717) is 6.42 Å². The fourth-order valence-corrected chi connectivity index (χ4v) is 2.59. The second kappa shape index (κ2) is 12.9. The highest BCUT2D eigenvalue weighted by atomic mass is 16.5. The van der Waals surface area contributed by atoms with Crippen molar-refractivity contribution >= 4 is 5.97 Å². The van der Waals surface area contributed by atoms with E-state index in [1.807, 2.05) is 0 Å². The molecule has 4 nitrogen and oxygen atoms in total. The zero-order valence-electron chi connectivity index (χ0n) is 14.4. The first-order valence-corrected chi connectivity index (χ1v) is 9.12. The van der Waals surface area contributed by atoms with Gasteiger partial charge >= 0.3 is 5.97 Å². The topological polar surface area (TPSA) is 59.2 Å². The van der Waals surface area contributed by atoms with Crippen LogP contribution in [0.1, 0.15) is 84.0 Å². The quantitative estimate of drug-likeness (QED) is 0.411. The minimum Gasteiger partial charge on any atom is -0.421 e. The van der Waals surface area contributed by atoms with Gasteiger partial charge in [-0.25, -0.2) is 0 Å². The minimum absolute atomic E-state index is 0.0839. The van der Waals surface area contributed by atoms with Crippen molar-refractivity contribution in [3.8, 4) is 5.75 Å². The smallest absolute Gasteiger partial charge is 0.311 e. The fraction of sp³-hybridized carbons (Fsp3) is 0.684. The standard InChI is InChI=1S/C19H31NO3/c1-2-3-4-5-6-7-8-9-10-11-12-15-18(21)23-17-14-13-16-20-19(17)22/h13-14,16H,2-12,15H2,1H3,(H,20,22). The number of carbonyl (C=O) groups is 1. The van der Waals surface area contributed by atoms with Crippen molar-refractivity contribution in [1.82, 2.24) is 4.98 Å². The first-order valence-electron chi connectivity index (χ1n) is 9.12. The minimum atomic E-state index is -0.361. The van der Waals surface area contributed by atoms with Crippen LogP contribution < -0.4 is 10.3 Å². The molecule has 0 saturated carbocycles. The third kappa shape index (κ3) is 9.93. The lowest BCUT2D eigenvalue weighted by Gasteiger charge is -2.04. The maximum atomic E-state index is 11.7. The van der Waals surface area contributed by atoms with E-state index in [2.05, 4.69) is 11.9 Å². The molecule has 0 aliphatic carbocycles. The Morgan fingerprint density at radius 2 is 1.52 bits per heavy atom. The normalized spacial score (nSPS) is 10.7. The number of rotatable bonds is 13. The van der Waals surface area contributed by atoms with Crippen LogP contribution in [0, 0.1) is 0 Å². The molecule has 1 N–H and O–H groups in total. The van der Waals surface area contributed by atoms with Crippen molar-refractivity contribution in [2.45, 2.75) is 84.0 Å². The Hall–Kier alpha value is -1.58. The van der Waals surface area contributed by atoms with Crippen LogP contribution in [0.2, 0.25) is 0 Å². The van der Waals surface area contributed by atoms with Crippen LogP contribution in [-0.2, 0) is 4.79 Å². The van der Waals surface area contributed by atoms with E-state index in [1.165, 1.54) is 70.1 Å². The summed E-state index contributed by atoms with van der Waals surface area (Å²) in [7, 11) is 0. The summed E-state index contributed by atoms with van der Waals surface area (Å²) in [5.41, 5.74) is -0.361. The summed E-state index contributed by atoms with van der Waals surface area (Å²) in [6, 6.07) is 3.16. The number of esters is 1. The first kappa shape index (κ1) is 19.5. The molecule has 0 atom stereocenters. The second-order valence-electron chi connectivity index (χ2n) is 6.12. The summed E-state index contributed by atoms with van der Waals surface area (Å²) in [5.74, 6) is -0.238. The number of unbranched alkanes of at least 4 members (excludes halogenated alkanes) is 10. The molecule has 0 saturated heterocycles. The molecule has 0 radical (unpaired) electrons. The van der Waals surface area contributed by atoms with E-state index in [1.54, 1.807) is 6.07 Å². The monoisotopic (exact) mass is 321 g/mol. The maximum Gasteiger partial charge on any atom is 0.311 e. The van der Waals surface area contributed by atoms with Crippen LogP contribution in [-0.4, -0.2) is 11.0 Å². The largest absolute Gasteiger partial charge is 0.421 e. The van der Waals surface area contributed by atoms with Crippen LogP contribution in [0.25, 0.3) is 0 Å². The average molecular weight is 321 g/mol. The lowest BCUT2D eigenvalue weighted by atomic mass is 10.1. The summed E-state index contributed by atoms with van der Waals surface area (Å²) in [6.07, 6.45) is 15.6. The molecular weight excluding hydrogens is 290 g/mol. The lowest BCUT2D eigenvalue weighted by Crippen LogP contribution is -2.15. The van der Waals surface area contributed by atoms with Crippen molar-refractivity contribution in [3.05, 3.63) is 28.7 Å². The molecule has 0 aliphatic rings. The average Bonchev–Trinajstić information content (AvgIpc) is 2.55. The van der Waals surface area contributed by atoms with Gasteiger partial charge in [-0.15, -0.1) is 0 Å². The Kier molecular flexibility index (Phi) is 10.9. The first-order chi connectivity index (χ1) is 11.2. The maximum absolute atomic E-state index is 11.7. The van der Waals surface area contributed by atoms with Crippen molar-refractivity contribution in [2.24, 2.45) is 0 Å². The second-order valence-corrected chi connectivity index (χ2v) is 6.12. The fourth-order valence-electron chi connectivity index (χ4n) is 2.59. The van der Waals surface area contributed by atoms with Gasteiger partial charge in [0.2, 0.25) is 0 Å². The Morgan fingerprint density at radius 3 is 2.09 bits per heavy atom. The Bertz CT molecular complexity index is 482. The predicted octanol–water partition coefficient (Wildman–Crippen LogP) is 4.98. The van der Waals surface area contributed by atoms with E-state index in [0.717, 1.165) is 12.8 Å². The van der Waals surface area contributed by atoms with Crippen molar-refractivity contribution in [3.63, 3.8) is 0 Å². The van der Waals surface area contributed by atoms with Gasteiger partial charge in [0.15, 0.2) is 5.75 Å². The highest BCUT2D eigenvalue weighted by Crippen LogP contribution is 2.12. The van der Waals surface area contributed by atoms with Crippen molar-refractivity contribution in [2.75, 3.05) is 0 Å². The third-order valence-corrected chi connectivity index (χ3v) is 3.99. The van der Waals surface area contributed by atoms with Crippen LogP contribution in [0.5, 0.6) is 5.75 Å². The molecule has 0 aromatic carbocycles. The van der Waals surface area contributed by atoms with Gasteiger partial charge in [-0.1, -0.05) is 71.1 Å². The van der Waals surface area contributed by atoms with E-state index in [9.17, 15) is 9.59 Å². The van der Waals surface area contributed by atoms with E-state index in [4.69, 9.17) is 4.74 Å². The molecule has 0 bridgehead atoms. The predicted molar refractivity (Wildman–Crippen MR) is 93.8 cm³/mol. The Labute approximate surface area is 139 Å². The molecule has 130 valence electrons. The summed E-state index contributed by atoms with van der Waals surface area (Å²) in [4.78, 5) is 25.5. The number of H-pyrrole nitrogens is 1. The number of nitrogens with one attached hydrogen (secondary N) is 1. The number of hydrogen-bond acceptors (Lipinski definition) is 3. The summed E-state index contributed by atoms with van der Waals surface area (Å²) < 4.78 is 5.05. The molecule has 1 aromatic heterocycles. The van der Waals surface area contributed by atoms with Gasteiger partial charge in [0, 0.05) is 12.6 Å². The van der Waals surface area contributed by atoms with Gasteiger partial charge in [-0.05, 0) is 18.6 Å². The highest BCUT2D eigenvalue weighted by molar-refractivity contribution is 5.72. The van der Waals surface area contributed by atoms with Gasteiger partial charge < -0.3 is 9.72 Å². The van der Waals surface area contributed by atoms with Crippen LogP contribution >= 0.6 is 0 Å².